The van der Waals surface area contributed by atoms with E-state index in [0.717, 1.165) is 18.0 Å². The Hall–Kier alpha value is -0.300. The summed E-state index contributed by atoms with van der Waals surface area (Å²) >= 11 is 0. The first-order valence-corrected chi connectivity index (χ1v) is 3.30. The Kier molecular flexibility index (Phi) is 0.770. The molecule has 1 aliphatic carbocycles. The molecule has 1 heteroatoms. The fraction of sp³-hybridized carbons (Fsp3) is 0.714. The van der Waals surface area contributed by atoms with Crippen LogP contribution in [0.1, 0.15) is 13.3 Å². The minimum atomic E-state index is 0.718. The highest BCUT2D eigenvalue weighted by atomic mass is 15.0. The van der Waals surface area contributed by atoms with Crippen LogP contribution < -0.4 is 5.32 Å². The number of rotatable bonds is 0. The smallest absolute Gasteiger partial charge is 0.0259 e. The number of nitrogens with one attached hydrogen (secondary N) is 1. The number of hydrogen-bond acceptors (Lipinski definition) is 1. The Morgan fingerprint density at radius 2 is 2.38 bits per heavy atom. The van der Waals surface area contributed by atoms with Gasteiger partial charge in [-0.25, -0.2) is 0 Å². The molecular formula is C7H11N. The van der Waals surface area contributed by atoms with Gasteiger partial charge in [-0.15, -0.1) is 0 Å². The SMILES string of the molecule is CC1NC2C=CC1C2. The number of hydrogen-bond donors (Lipinski definition) is 1. The molecule has 1 N–H and O–H groups in total. The molecule has 8 heavy (non-hydrogen) atoms. The van der Waals surface area contributed by atoms with Gasteiger partial charge >= 0.3 is 0 Å². The van der Waals surface area contributed by atoms with E-state index < -0.39 is 0 Å². The second-order valence-electron chi connectivity index (χ2n) is 2.85. The van der Waals surface area contributed by atoms with E-state index in [4.69, 9.17) is 0 Å². The standard InChI is InChI=1S/C7H11N/c1-5-6-2-3-7(4-6)8-5/h2-3,5-8H,4H2,1H3. The summed E-state index contributed by atoms with van der Waals surface area (Å²) in [5, 5.41) is 3.47. The van der Waals surface area contributed by atoms with Crippen LogP contribution in [-0.4, -0.2) is 12.1 Å². The van der Waals surface area contributed by atoms with Crippen LogP contribution in [0.25, 0.3) is 0 Å². The molecule has 0 aromatic rings. The van der Waals surface area contributed by atoms with Crippen LogP contribution in [0, 0.1) is 5.92 Å². The maximum Gasteiger partial charge on any atom is 0.0259 e. The van der Waals surface area contributed by atoms with E-state index in [9.17, 15) is 0 Å². The highest BCUT2D eigenvalue weighted by Crippen LogP contribution is 2.28. The van der Waals surface area contributed by atoms with Gasteiger partial charge in [0.1, 0.15) is 0 Å². The van der Waals surface area contributed by atoms with Crippen LogP contribution in [0.2, 0.25) is 0 Å². The minimum absolute atomic E-state index is 0.718. The van der Waals surface area contributed by atoms with Gasteiger partial charge in [-0.05, 0) is 19.3 Å². The Morgan fingerprint density at radius 3 is 2.62 bits per heavy atom. The molecule has 0 amide bonds. The largest absolute Gasteiger partial charge is 0.307 e. The van der Waals surface area contributed by atoms with Crippen LogP contribution in [0.3, 0.4) is 0 Å². The zero-order valence-electron chi connectivity index (χ0n) is 5.09. The zero-order valence-corrected chi connectivity index (χ0v) is 5.09. The summed E-state index contributed by atoms with van der Waals surface area (Å²) in [4.78, 5) is 0. The minimum Gasteiger partial charge on any atom is -0.307 e. The van der Waals surface area contributed by atoms with Crippen molar-refractivity contribution in [1.29, 1.82) is 0 Å². The first-order chi connectivity index (χ1) is 3.86. The Morgan fingerprint density at radius 1 is 1.50 bits per heavy atom. The molecule has 1 aliphatic heterocycles. The Balaban J connectivity index is 2.23. The van der Waals surface area contributed by atoms with E-state index in [-0.39, 0.29) is 0 Å². The first-order valence-electron chi connectivity index (χ1n) is 3.30. The monoisotopic (exact) mass is 109 g/mol. The predicted octanol–water partition coefficient (Wildman–Crippen LogP) is 0.923. The van der Waals surface area contributed by atoms with E-state index in [1.165, 1.54) is 6.42 Å². The summed E-state index contributed by atoms with van der Waals surface area (Å²) in [6, 6.07) is 1.46. The van der Waals surface area contributed by atoms with Gasteiger partial charge in [0.05, 0.1) is 0 Å². The van der Waals surface area contributed by atoms with Gasteiger partial charge in [-0.2, -0.15) is 0 Å². The van der Waals surface area contributed by atoms with Crippen molar-refractivity contribution in [2.75, 3.05) is 0 Å². The summed E-state index contributed by atoms with van der Waals surface area (Å²) < 4.78 is 0. The molecule has 3 atom stereocenters. The van der Waals surface area contributed by atoms with Gasteiger partial charge in [0, 0.05) is 12.1 Å². The van der Waals surface area contributed by atoms with E-state index in [2.05, 4.69) is 24.4 Å². The normalized spacial score (nSPS) is 50.9. The highest BCUT2D eigenvalue weighted by Gasteiger charge is 2.31. The van der Waals surface area contributed by atoms with Crippen LogP contribution in [0.5, 0.6) is 0 Å². The van der Waals surface area contributed by atoms with E-state index in [1.54, 1.807) is 0 Å². The highest BCUT2D eigenvalue weighted by molar-refractivity contribution is 5.14. The lowest BCUT2D eigenvalue weighted by molar-refractivity contribution is 0.548. The molecule has 0 aromatic carbocycles. The van der Waals surface area contributed by atoms with Crippen LogP contribution >= 0.6 is 0 Å². The van der Waals surface area contributed by atoms with Gasteiger partial charge < -0.3 is 5.32 Å². The molecule has 0 saturated carbocycles. The molecule has 0 spiro atoms. The first kappa shape index (κ1) is 4.57. The molecular weight excluding hydrogens is 98.1 g/mol. The van der Waals surface area contributed by atoms with Crippen molar-refractivity contribution in [3.8, 4) is 0 Å². The maximum absolute atomic E-state index is 3.47. The Labute approximate surface area is 49.8 Å². The zero-order chi connectivity index (χ0) is 5.56. The molecule has 2 rings (SSSR count). The van der Waals surface area contributed by atoms with Gasteiger partial charge in [0.2, 0.25) is 0 Å². The fourth-order valence-electron chi connectivity index (χ4n) is 1.68. The molecule has 44 valence electrons. The topological polar surface area (TPSA) is 12.0 Å². The summed E-state index contributed by atoms with van der Waals surface area (Å²) in [7, 11) is 0. The third kappa shape index (κ3) is 0.451. The van der Waals surface area contributed by atoms with E-state index >= 15 is 0 Å². The van der Waals surface area contributed by atoms with Gasteiger partial charge in [-0.1, -0.05) is 12.2 Å². The lowest BCUT2D eigenvalue weighted by Gasteiger charge is -2.12. The molecule has 3 unspecified atom stereocenters. The number of fused-ring (bicyclic) bond motifs is 2. The molecule has 0 aromatic heterocycles. The van der Waals surface area contributed by atoms with Crippen LogP contribution in [0.4, 0.5) is 0 Å². The lowest BCUT2D eigenvalue weighted by atomic mass is 10.1. The summed E-state index contributed by atoms with van der Waals surface area (Å²) in [6.45, 7) is 2.26. The van der Waals surface area contributed by atoms with Crippen molar-refractivity contribution < 1.29 is 0 Å². The van der Waals surface area contributed by atoms with E-state index in [0.29, 0.717) is 0 Å². The molecule has 2 aliphatic rings. The molecule has 0 radical (unpaired) electrons. The third-order valence-corrected chi connectivity index (χ3v) is 2.24. The Bertz CT molecular complexity index is 128. The molecule has 2 bridgehead atoms. The molecule has 1 saturated heterocycles. The van der Waals surface area contributed by atoms with E-state index in [1.807, 2.05) is 0 Å². The molecule has 1 heterocycles. The third-order valence-electron chi connectivity index (χ3n) is 2.24. The lowest BCUT2D eigenvalue weighted by Crippen LogP contribution is -2.29. The van der Waals surface area contributed by atoms with Crippen molar-refractivity contribution >= 4 is 0 Å². The summed E-state index contributed by atoms with van der Waals surface area (Å²) in [6.07, 6.45) is 5.97. The van der Waals surface area contributed by atoms with Crippen molar-refractivity contribution in [2.45, 2.75) is 25.4 Å². The summed E-state index contributed by atoms with van der Waals surface area (Å²) in [5.74, 6) is 0.847. The van der Waals surface area contributed by atoms with Gasteiger partial charge in [0.15, 0.2) is 0 Å². The molecule has 1 nitrogen and oxygen atoms in total. The van der Waals surface area contributed by atoms with Crippen LogP contribution in [-0.2, 0) is 0 Å². The van der Waals surface area contributed by atoms with Gasteiger partial charge in [0.25, 0.3) is 0 Å². The predicted molar refractivity (Wildman–Crippen MR) is 33.6 cm³/mol. The second kappa shape index (κ2) is 1.35. The maximum atomic E-state index is 3.47. The van der Waals surface area contributed by atoms with Crippen molar-refractivity contribution in [2.24, 2.45) is 5.92 Å². The van der Waals surface area contributed by atoms with Crippen molar-refractivity contribution in [3.63, 3.8) is 0 Å². The molecule has 1 fully saturated rings. The summed E-state index contributed by atoms with van der Waals surface area (Å²) in [5.41, 5.74) is 0. The average molecular weight is 109 g/mol. The van der Waals surface area contributed by atoms with Crippen molar-refractivity contribution in [1.82, 2.24) is 5.32 Å². The second-order valence-corrected chi connectivity index (χ2v) is 2.85. The quantitative estimate of drug-likeness (QED) is 0.456. The van der Waals surface area contributed by atoms with Crippen LogP contribution in [0.15, 0.2) is 12.2 Å². The van der Waals surface area contributed by atoms with Gasteiger partial charge in [-0.3, -0.25) is 0 Å². The average Bonchev–Trinajstić information content (AvgIpc) is 2.23. The van der Waals surface area contributed by atoms with Crippen molar-refractivity contribution in [3.05, 3.63) is 12.2 Å². The fourth-order valence-corrected chi connectivity index (χ4v) is 1.68.